The number of unbranched alkanes of at least 4 members (excludes halogenated alkanes) is 1. The minimum absolute atomic E-state index is 0.386. The lowest BCUT2D eigenvalue weighted by molar-refractivity contribution is 0.141. The molecule has 0 heterocycles. The van der Waals surface area contributed by atoms with Gasteiger partial charge in [0.1, 0.15) is 4.99 Å². The van der Waals surface area contributed by atoms with Crippen molar-refractivity contribution in [3.05, 3.63) is 28.2 Å². The van der Waals surface area contributed by atoms with Crippen LogP contribution in [-0.4, -0.2) is 24.7 Å². The third-order valence-electron chi connectivity index (χ3n) is 2.46. The van der Waals surface area contributed by atoms with Crippen LogP contribution in [0.3, 0.4) is 0 Å². The topological polar surface area (TPSA) is 47.3 Å². The summed E-state index contributed by atoms with van der Waals surface area (Å²) >= 11 is 8.50. The predicted molar refractivity (Wildman–Crippen MR) is 84.2 cm³/mol. The van der Waals surface area contributed by atoms with E-state index in [4.69, 9.17) is 22.7 Å². The summed E-state index contributed by atoms with van der Waals surface area (Å²) in [4.78, 5) is 0.386. The lowest BCUT2D eigenvalue weighted by atomic mass is 10.2. The zero-order valence-corrected chi connectivity index (χ0v) is 12.9. The number of hydrogen-bond donors (Lipinski definition) is 2. The van der Waals surface area contributed by atoms with E-state index in [0.29, 0.717) is 11.6 Å². The molecule has 0 spiro atoms. The van der Waals surface area contributed by atoms with Crippen LogP contribution in [0.15, 0.2) is 22.7 Å². The van der Waals surface area contributed by atoms with Gasteiger partial charge >= 0.3 is 0 Å². The molecule has 0 fully saturated rings. The molecule has 3 nitrogen and oxygen atoms in total. The van der Waals surface area contributed by atoms with E-state index in [9.17, 15) is 0 Å². The Kier molecular flexibility index (Phi) is 7.23. The molecule has 0 aliphatic rings. The van der Waals surface area contributed by atoms with Crippen LogP contribution in [0, 0.1) is 0 Å². The molecule has 100 valence electrons. The standard InChI is InChI=1S/C13H19BrN2OS/c1-2-3-8-17-9-7-16-11-6-4-5-10(14)12(11)13(15)18/h4-6,16H,2-3,7-9H2,1H3,(H2,15,18). The Hall–Kier alpha value is -0.650. The number of benzene rings is 1. The Morgan fingerprint density at radius 1 is 1.44 bits per heavy atom. The van der Waals surface area contributed by atoms with Gasteiger partial charge in [-0.3, -0.25) is 0 Å². The summed E-state index contributed by atoms with van der Waals surface area (Å²) in [6, 6.07) is 5.84. The second kappa shape index (κ2) is 8.45. The van der Waals surface area contributed by atoms with Crippen LogP contribution in [0.1, 0.15) is 25.3 Å². The fraction of sp³-hybridized carbons (Fsp3) is 0.462. The molecular weight excluding hydrogens is 312 g/mol. The third kappa shape index (κ3) is 4.92. The first-order valence-corrected chi connectivity index (χ1v) is 7.27. The number of nitrogens with one attached hydrogen (secondary N) is 1. The predicted octanol–water partition coefficient (Wildman–Crippen LogP) is 3.31. The lowest BCUT2D eigenvalue weighted by Crippen LogP contribution is -2.16. The first-order chi connectivity index (χ1) is 8.66. The van der Waals surface area contributed by atoms with Crippen molar-refractivity contribution in [3.63, 3.8) is 0 Å². The van der Waals surface area contributed by atoms with Gasteiger partial charge in [-0.05, 0) is 34.5 Å². The number of hydrogen-bond acceptors (Lipinski definition) is 3. The molecule has 0 amide bonds. The molecule has 0 bridgehead atoms. The van der Waals surface area contributed by atoms with E-state index in [2.05, 4.69) is 28.2 Å². The molecule has 0 aliphatic carbocycles. The summed E-state index contributed by atoms with van der Waals surface area (Å²) in [5, 5.41) is 3.29. The molecule has 3 N–H and O–H groups in total. The highest BCUT2D eigenvalue weighted by Gasteiger charge is 2.08. The number of nitrogens with two attached hydrogens (primary N) is 1. The van der Waals surface area contributed by atoms with E-state index >= 15 is 0 Å². The Morgan fingerprint density at radius 2 is 2.22 bits per heavy atom. The van der Waals surface area contributed by atoms with Crippen LogP contribution < -0.4 is 11.1 Å². The summed E-state index contributed by atoms with van der Waals surface area (Å²) in [5.74, 6) is 0. The molecule has 0 radical (unpaired) electrons. The van der Waals surface area contributed by atoms with E-state index in [0.717, 1.165) is 41.7 Å². The smallest absolute Gasteiger partial charge is 0.107 e. The molecule has 0 saturated carbocycles. The van der Waals surface area contributed by atoms with Crippen molar-refractivity contribution in [1.29, 1.82) is 0 Å². The average molecular weight is 331 g/mol. The molecule has 0 unspecified atom stereocenters. The summed E-state index contributed by atoms with van der Waals surface area (Å²) in [6.07, 6.45) is 2.26. The first-order valence-electron chi connectivity index (χ1n) is 6.06. The quantitative estimate of drug-likeness (QED) is 0.567. The van der Waals surface area contributed by atoms with E-state index in [1.165, 1.54) is 0 Å². The number of halogens is 1. The van der Waals surface area contributed by atoms with Crippen molar-refractivity contribution in [1.82, 2.24) is 0 Å². The number of thiocarbonyl (C=S) groups is 1. The average Bonchev–Trinajstić information content (AvgIpc) is 2.33. The van der Waals surface area contributed by atoms with Crippen molar-refractivity contribution in [2.24, 2.45) is 5.73 Å². The highest BCUT2D eigenvalue weighted by atomic mass is 79.9. The molecule has 1 aromatic carbocycles. The minimum Gasteiger partial charge on any atom is -0.389 e. The molecule has 0 aromatic heterocycles. The number of rotatable bonds is 8. The highest BCUT2D eigenvalue weighted by Crippen LogP contribution is 2.24. The van der Waals surface area contributed by atoms with Gasteiger partial charge in [-0.15, -0.1) is 0 Å². The van der Waals surface area contributed by atoms with Gasteiger partial charge in [-0.2, -0.15) is 0 Å². The zero-order valence-electron chi connectivity index (χ0n) is 10.5. The van der Waals surface area contributed by atoms with Gasteiger partial charge < -0.3 is 15.8 Å². The van der Waals surface area contributed by atoms with Crippen LogP contribution in [0.2, 0.25) is 0 Å². The fourth-order valence-electron chi connectivity index (χ4n) is 1.53. The SMILES string of the molecule is CCCCOCCNc1cccc(Br)c1C(N)=S. The monoisotopic (exact) mass is 330 g/mol. The summed E-state index contributed by atoms with van der Waals surface area (Å²) < 4.78 is 6.40. The van der Waals surface area contributed by atoms with E-state index in [1.807, 2.05) is 18.2 Å². The van der Waals surface area contributed by atoms with Crippen LogP contribution in [0.5, 0.6) is 0 Å². The summed E-state index contributed by atoms with van der Waals surface area (Å²) in [6.45, 7) is 4.40. The highest BCUT2D eigenvalue weighted by molar-refractivity contribution is 9.10. The van der Waals surface area contributed by atoms with Gasteiger partial charge in [0.25, 0.3) is 0 Å². The van der Waals surface area contributed by atoms with Crippen LogP contribution >= 0.6 is 28.1 Å². The van der Waals surface area contributed by atoms with Crippen LogP contribution in [0.25, 0.3) is 0 Å². The Bertz CT molecular complexity index is 399. The number of ether oxygens (including phenoxy) is 1. The lowest BCUT2D eigenvalue weighted by Gasteiger charge is -2.12. The van der Waals surface area contributed by atoms with Crippen LogP contribution in [-0.2, 0) is 4.74 Å². The summed E-state index contributed by atoms with van der Waals surface area (Å²) in [5.41, 5.74) is 7.50. The van der Waals surface area contributed by atoms with E-state index < -0.39 is 0 Å². The second-order valence-corrected chi connectivity index (χ2v) is 5.21. The maximum atomic E-state index is 5.72. The van der Waals surface area contributed by atoms with Crippen molar-refractivity contribution in [3.8, 4) is 0 Å². The van der Waals surface area contributed by atoms with Gasteiger partial charge in [-0.1, -0.05) is 31.6 Å². The van der Waals surface area contributed by atoms with Crippen molar-refractivity contribution in [2.75, 3.05) is 25.1 Å². The third-order valence-corrected chi connectivity index (χ3v) is 3.33. The van der Waals surface area contributed by atoms with Crippen molar-refractivity contribution in [2.45, 2.75) is 19.8 Å². The van der Waals surface area contributed by atoms with Crippen LogP contribution in [0.4, 0.5) is 5.69 Å². The first kappa shape index (κ1) is 15.4. The Balaban J connectivity index is 2.47. The number of anilines is 1. The molecule has 1 rings (SSSR count). The molecule has 0 atom stereocenters. The molecule has 1 aromatic rings. The van der Waals surface area contributed by atoms with Crippen molar-refractivity contribution >= 4 is 38.8 Å². The van der Waals surface area contributed by atoms with Gasteiger partial charge in [0.15, 0.2) is 0 Å². The van der Waals surface area contributed by atoms with Gasteiger partial charge in [-0.25, -0.2) is 0 Å². The molecular formula is C13H19BrN2OS. The zero-order chi connectivity index (χ0) is 13.4. The Morgan fingerprint density at radius 3 is 2.89 bits per heavy atom. The summed E-state index contributed by atoms with van der Waals surface area (Å²) in [7, 11) is 0. The van der Waals surface area contributed by atoms with E-state index in [-0.39, 0.29) is 0 Å². The van der Waals surface area contributed by atoms with E-state index in [1.54, 1.807) is 0 Å². The van der Waals surface area contributed by atoms with Gasteiger partial charge in [0, 0.05) is 28.9 Å². The second-order valence-electron chi connectivity index (χ2n) is 3.92. The Labute approximate surface area is 122 Å². The maximum absolute atomic E-state index is 5.72. The fourth-order valence-corrected chi connectivity index (χ4v) is 2.46. The molecule has 18 heavy (non-hydrogen) atoms. The van der Waals surface area contributed by atoms with Gasteiger partial charge in [0.2, 0.25) is 0 Å². The minimum atomic E-state index is 0.386. The molecule has 0 saturated heterocycles. The largest absolute Gasteiger partial charge is 0.389 e. The normalized spacial score (nSPS) is 10.3. The molecule has 0 aliphatic heterocycles. The van der Waals surface area contributed by atoms with Crippen molar-refractivity contribution < 1.29 is 4.74 Å². The van der Waals surface area contributed by atoms with Gasteiger partial charge in [0.05, 0.1) is 6.61 Å². The maximum Gasteiger partial charge on any atom is 0.107 e. The molecule has 5 heteroatoms.